The van der Waals surface area contributed by atoms with Crippen LogP contribution in [0.3, 0.4) is 0 Å². The van der Waals surface area contributed by atoms with Gasteiger partial charge in [0.05, 0.1) is 0 Å². The van der Waals surface area contributed by atoms with Gasteiger partial charge < -0.3 is 4.74 Å². The van der Waals surface area contributed by atoms with Crippen LogP contribution in [-0.4, -0.2) is 5.97 Å². The smallest absolute Gasteiger partial charge is 0.331 e. The van der Waals surface area contributed by atoms with E-state index in [4.69, 9.17) is 4.74 Å². The molecule has 4 heteroatoms. The topological polar surface area (TPSA) is 26.3 Å². The second-order valence-corrected chi connectivity index (χ2v) is 5.86. The SMILES string of the molecule is O=C(/C=C/c1cccc(Br)c1)OCc1ccccc1Br. The minimum Gasteiger partial charge on any atom is -0.458 e. The van der Waals surface area contributed by atoms with E-state index in [0.29, 0.717) is 0 Å². The van der Waals surface area contributed by atoms with Gasteiger partial charge in [-0.3, -0.25) is 0 Å². The number of hydrogen-bond acceptors (Lipinski definition) is 2. The molecule has 0 bridgehead atoms. The summed E-state index contributed by atoms with van der Waals surface area (Å²) in [6.45, 7) is 0.253. The van der Waals surface area contributed by atoms with E-state index in [2.05, 4.69) is 31.9 Å². The second-order valence-electron chi connectivity index (χ2n) is 4.09. The summed E-state index contributed by atoms with van der Waals surface area (Å²) >= 11 is 6.80. The summed E-state index contributed by atoms with van der Waals surface area (Å²) in [6, 6.07) is 15.3. The normalized spacial score (nSPS) is 10.7. The first-order chi connectivity index (χ1) is 9.65. The van der Waals surface area contributed by atoms with Crippen molar-refractivity contribution in [2.75, 3.05) is 0 Å². The molecule has 0 saturated carbocycles. The summed E-state index contributed by atoms with van der Waals surface area (Å²) in [5, 5.41) is 0. The lowest BCUT2D eigenvalue weighted by molar-refractivity contribution is -0.138. The fourth-order valence-electron chi connectivity index (χ4n) is 1.59. The van der Waals surface area contributed by atoms with Crippen LogP contribution in [0.2, 0.25) is 0 Å². The van der Waals surface area contributed by atoms with E-state index in [9.17, 15) is 4.79 Å². The van der Waals surface area contributed by atoms with Gasteiger partial charge in [-0.25, -0.2) is 4.79 Å². The largest absolute Gasteiger partial charge is 0.458 e. The van der Waals surface area contributed by atoms with E-state index >= 15 is 0 Å². The maximum Gasteiger partial charge on any atom is 0.331 e. The van der Waals surface area contributed by atoms with Gasteiger partial charge in [-0.2, -0.15) is 0 Å². The van der Waals surface area contributed by atoms with Crippen LogP contribution in [-0.2, 0) is 16.1 Å². The minimum absolute atomic E-state index is 0.253. The molecular formula is C16H12Br2O2. The van der Waals surface area contributed by atoms with E-state index in [-0.39, 0.29) is 12.6 Å². The van der Waals surface area contributed by atoms with Crippen LogP contribution in [0.1, 0.15) is 11.1 Å². The van der Waals surface area contributed by atoms with Crippen molar-refractivity contribution in [3.63, 3.8) is 0 Å². The molecule has 102 valence electrons. The Bertz CT molecular complexity index is 636. The van der Waals surface area contributed by atoms with Crippen molar-refractivity contribution in [3.8, 4) is 0 Å². The predicted octanol–water partition coefficient (Wildman–Crippen LogP) is 4.97. The number of benzene rings is 2. The summed E-state index contributed by atoms with van der Waals surface area (Å²) in [6.07, 6.45) is 3.16. The minimum atomic E-state index is -0.360. The fraction of sp³-hybridized carbons (Fsp3) is 0.0625. The van der Waals surface area contributed by atoms with Crippen LogP contribution < -0.4 is 0 Å². The van der Waals surface area contributed by atoms with Crippen LogP contribution in [0.25, 0.3) is 6.08 Å². The standard InChI is InChI=1S/C16H12Br2O2/c17-14-6-3-4-12(10-14)8-9-16(19)20-11-13-5-1-2-7-15(13)18/h1-10H,11H2/b9-8+. The average Bonchev–Trinajstić information content (AvgIpc) is 2.44. The van der Waals surface area contributed by atoms with E-state index in [1.807, 2.05) is 48.5 Å². The first-order valence-corrected chi connectivity index (χ1v) is 7.57. The summed E-state index contributed by atoms with van der Waals surface area (Å²) in [5.41, 5.74) is 1.88. The van der Waals surface area contributed by atoms with Crippen LogP contribution in [0.5, 0.6) is 0 Å². The third-order valence-electron chi connectivity index (χ3n) is 2.59. The van der Waals surface area contributed by atoms with Crippen molar-refractivity contribution in [2.24, 2.45) is 0 Å². The Morgan fingerprint density at radius 3 is 2.65 bits per heavy atom. The van der Waals surface area contributed by atoms with Crippen LogP contribution in [0, 0.1) is 0 Å². The molecule has 0 aliphatic carbocycles. The Morgan fingerprint density at radius 2 is 1.90 bits per heavy atom. The number of esters is 1. The van der Waals surface area contributed by atoms with E-state index in [1.54, 1.807) is 6.08 Å². The number of hydrogen-bond donors (Lipinski definition) is 0. The number of rotatable bonds is 4. The van der Waals surface area contributed by atoms with Crippen molar-refractivity contribution >= 4 is 43.9 Å². The molecule has 2 aromatic carbocycles. The zero-order valence-electron chi connectivity index (χ0n) is 10.6. The number of ether oxygens (including phenoxy) is 1. The molecular weight excluding hydrogens is 384 g/mol. The number of carbonyl (C=O) groups is 1. The number of carbonyl (C=O) groups excluding carboxylic acids is 1. The Balaban J connectivity index is 1.91. The van der Waals surface area contributed by atoms with Gasteiger partial charge >= 0.3 is 5.97 Å². The van der Waals surface area contributed by atoms with Gasteiger partial charge in [-0.05, 0) is 29.8 Å². The van der Waals surface area contributed by atoms with Gasteiger partial charge in [0.1, 0.15) is 6.61 Å². The molecule has 0 unspecified atom stereocenters. The monoisotopic (exact) mass is 394 g/mol. The molecule has 2 aromatic rings. The molecule has 0 spiro atoms. The van der Waals surface area contributed by atoms with Gasteiger partial charge in [-0.1, -0.05) is 62.2 Å². The van der Waals surface area contributed by atoms with Gasteiger partial charge in [-0.15, -0.1) is 0 Å². The summed E-state index contributed by atoms with van der Waals surface area (Å²) in [4.78, 5) is 11.6. The summed E-state index contributed by atoms with van der Waals surface area (Å²) < 4.78 is 7.10. The predicted molar refractivity (Wildman–Crippen MR) is 87.1 cm³/mol. The van der Waals surface area contributed by atoms with E-state index < -0.39 is 0 Å². The first-order valence-electron chi connectivity index (χ1n) is 5.99. The second kappa shape index (κ2) is 7.41. The Morgan fingerprint density at radius 1 is 1.10 bits per heavy atom. The van der Waals surface area contributed by atoms with Crippen molar-refractivity contribution in [1.29, 1.82) is 0 Å². The highest BCUT2D eigenvalue weighted by Crippen LogP contribution is 2.17. The maximum atomic E-state index is 11.6. The lowest BCUT2D eigenvalue weighted by Crippen LogP contribution is -2.01. The van der Waals surface area contributed by atoms with Crippen molar-refractivity contribution < 1.29 is 9.53 Å². The van der Waals surface area contributed by atoms with Crippen molar-refractivity contribution in [3.05, 3.63) is 74.7 Å². The van der Waals surface area contributed by atoms with Gasteiger partial charge in [0, 0.05) is 20.6 Å². The van der Waals surface area contributed by atoms with Gasteiger partial charge in [0.2, 0.25) is 0 Å². The van der Waals surface area contributed by atoms with Crippen LogP contribution in [0.15, 0.2) is 63.6 Å². The van der Waals surface area contributed by atoms with Gasteiger partial charge in [0.25, 0.3) is 0 Å². The maximum absolute atomic E-state index is 11.6. The lowest BCUT2D eigenvalue weighted by Gasteiger charge is -2.04. The Kier molecular flexibility index (Phi) is 5.56. The highest BCUT2D eigenvalue weighted by Gasteiger charge is 2.02. The molecule has 0 aliphatic heterocycles. The quantitative estimate of drug-likeness (QED) is 0.539. The zero-order chi connectivity index (χ0) is 14.4. The summed E-state index contributed by atoms with van der Waals surface area (Å²) in [7, 11) is 0. The van der Waals surface area contributed by atoms with E-state index in [0.717, 1.165) is 20.1 Å². The molecule has 2 nitrogen and oxygen atoms in total. The van der Waals surface area contributed by atoms with Crippen molar-refractivity contribution in [1.82, 2.24) is 0 Å². The molecule has 0 heterocycles. The third kappa shape index (κ3) is 4.62. The molecule has 0 saturated heterocycles. The van der Waals surface area contributed by atoms with Crippen LogP contribution >= 0.6 is 31.9 Å². The molecule has 0 aliphatic rings. The highest BCUT2D eigenvalue weighted by atomic mass is 79.9. The molecule has 0 aromatic heterocycles. The van der Waals surface area contributed by atoms with Crippen molar-refractivity contribution in [2.45, 2.75) is 6.61 Å². The molecule has 2 rings (SSSR count). The van der Waals surface area contributed by atoms with Crippen LogP contribution in [0.4, 0.5) is 0 Å². The van der Waals surface area contributed by atoms with E-state index in [1.165, 1.54) is 6.08 Å². The highest BCUT2D eigenvalue weighted by molar-refractivity contribution is 9.10. The average molecular weight is 396 g/mol. The molecule has 0 N–H and O–H groups in total. The lowest BCUT2D eigenvalue weighted by atomic mass is 10.2. The van der Waals surface area contributed by atoms with Gasteiger partial charge in [0.15, 0.2) is 0 Å². The summed E-state index contributed by atoms with van der Waals surface area (Å²) in [5.74, 6) is -0.360. The molecule has 0 radical (unpaired) electrons. The fourth-order valence-corrected chi connectivity index (χ4v) is 2.40. The number of halogens is 2. The molecule has 0 fully saturated rings. The Labute approximate surface area is 134 Å². The molecule has 0 atom stereocenters. The molecule has 0 amide bonds. The first kappa shape index (κ1) is 15.0. The third-order valence-corrected chi connectivity index (χ3v) is 3.86. The Hall–Kier alpha value is -1.39. The zero-order valence-corrected chi connectivity index (χ0v) is 13.7. The molecule has 20 heavy (non-hydrogen) atoms.